The molecule has 1 aromatic carbocycles. The zero-order valence-electron chi connectivity index (χ0n) is 12.1. The molecule has 4 nitrogen and oxygen atoms in total. The van der Waals surface area contributed by atoms with Crippen LogP contribution in [0.25, 0.3) is 5.32 Å². The second kappa shape index (κ2) is 10.3. The Morgan fingerprint density at radius 1 is 1.14 bits per heavy atom. The van der Waals surface area contributed by atoms with E-state index in [9.17, 15) is 4.79 Å². The quantitative estimate of drug-likeness (QED) is 0.618. The van der Waals surface area contributed by atoms with Gasteiger partial charge in [0.2, 0.25) is 0 Å². The Kier molecular flexibility index (Phi) is 9.63. The summed E-state index contributed by atoms with van der Waals surface area (Å²) in [7, 11) is 8.57. The van der Waals surface area contributed by atoms with Crippen molar-refractivity contribution in [2.75, 3.05) is 19.0 Å². The molecule has 6 heteroatoms. The summed E-state index contributed by atoms with van der Waals surface area (Å²) < 4.78 is 0. The zero-order valence-corrected chi connectivity index (χ0v) is 15.2. The number of rotatable bonds is 3. The van der Waals surface area contributed by atoms with E-state index in [0.29, 0.717) is 11.4 Å². The predicted octanol–water partition coefficient (Wildman–Crippen LogP) is 4.13. The average molecular weight is 483 g/mol. The van der Waals surface area contributed by atoms with Crippen LogP contribution >= 0.6 is 9.58 Å². The van der Waals surface area contributed by atoms with Gasteiger partial charge in [0.15, 0.2) is 0 Å². The maximum atomic E-state index is 11.8. The molecule has 0 radical (unpaired) electrons. The Labute approximate surface area is 140 Å². The Morgan fingerprint density at radius 3 is 2.24 bits per heavy atom. The summed E-state index contributed by atoms with van der Waals surface area (Å²) in [6.45, 7) is 0. The number of anilines is 1. The van der Waals surface area contributed by atoms with E-state index in [2.05, 4.69) is 19.9 Å². The fraction of sp³-hybridized carbons (Fsp3) is 0.133. The molecular formula is C15H17ClIrN3O. The Morgan fingerprint density at radius 2 is 1.76 bits per heavy atom. The normalized spacial score (nSPS) is 8.76. The van der Waals surface area contributed by atoms with Crippen LogP contribution in [0.3, 0.4) is 0 Å². The molecule has 0 aliphatic carbocycles. The summed E-state index contributed by atoms with van der Waals surface area (Å²) in [5, 5.41) is 4.01. The van der Waals surface area contributed by atoms with E-state index in [-0.39, 0.29) is 13.3 Å². The summed E-state index contributed by atoms with van der Waals surface area (Å²) >= 11 is 1.47. The first-order valence-corrected chi connectivity index (χ1v) is 8.70. The summed E-state index contributed by atoms with van der Waals surface area (Å²) in [5.74, 6) is -0.326. The number of hydrogen-bond acceptors (Lipinski definition) is 3. The van der Waals surface area contributed by atoms with Crippen molar-refractivity contribution in [2.45, 2.75) is 0 Å². The number of carbonyl (C=O) groups is 1. The van der Waals surface area contributed by atoms with Gasteiger partial charge in [-0.3, -0.25) is 4.98 Å². The number of pyridine rings is 1. The van der Waals surface area contributed by atoms with Crippen LogP contribution in [0.5, 0.6) is 0 Å². The first-order valence-electron chi connectivity index (χ1n) is 5.74. The van der Waals surface area contributed by atoms with Crippen LogP contribution in [0.4, 0.5) is 11.4 Å². The molecule has 1 heterocycles. The molecule has 0 bridgehead atoms. The Hall–Kier alpha value is -1.42. The van der Waals surface area contributed by atoms with Crippen molar-refractivity contribution in [3.8, 4) is 0 Å². The van der Waals surface area contributed by atoms with Crippen LogP contribution in [0.15, 0.2) is 48.7 Å². The molecule has 2 aromatic rings. The molecule has 0 fully saturated rings. The third-order valence-electron chi connectivity index (χ3n) is 2.48. The van der Waals surface area contributed by atoms with Crippen LogP contribution in [-0.2, 0) is 17.9 Å². The van der Waals surface area contributed by atoms with Gasteiger partial charge < -0.3 is 22.4 Å². The van der Waals surface area contributed by atoms with Crippen LogP contribution in [0.2, 0.25) is 0 Å². The molecule has 0 saturated heterocycles. The van der Waals surface area contributed by atoms with Crippen molar-refractivity contribution in [1.29, 1.82) is 0 Å². The number of hydrogen-bond donors (Lipinski definition) is 0. The molecule has 0 aliphatic rings. The molecule has 0 spiro atoms. The van der Waals surface area contributed by atoms with Gasteiger partial charge in [0.05, 0.1) is 5.69 Å². The topological polar surface area (TPSA) is 47.3 Å². The van der Waals surface area contributed by atoms with Gasteiger partial charge in [-0.25, -0.2) is 0 Å². The molecule has 0 aliphatic heterocycles. The monoisotopic (exact) mass is 483 g/mol. The van der Waals surface area contributed by atoms with E-state index >= 15 is 0 Å². The summed E-state index contributed by atoms with van der Waals surface area (Å²) in [6, 6.07) is 12.7. The average Bonchev–Trinajstić information content (AvgIpc) is 2.50. The first kappa shape index (κ1) is 19.6. The van der Waals surface area contributed by atoms with Crippen molar-refractivity contribution in [1.82, 2.24) is 4.98 Å². The van der Waals surface area contributed by atoms with Crippen LogP contribution in [0, 0.1) is 7.43 Å². The molecule has 21 heavy (non-hydrogen) atoms. The third-order valence-corrected chi connectivity index (χ3v) is 2.48. The van der Waals surface area contributed by atoms with E-state index in [1.807, 2.05) is 43.3 Å². The molecule has 1 amide bonds. The van der Waals surface area contributed by atoms with Gasteiger partial charge in [0.25, 0.3) is 0 Å². The van der Waals surface area contributed by atoms with Gasteiger partial charge in [-0.1, -0.05) is 18.2 Å². The number of halogens is 1. The molecular weight excluding hydrogens is 466 g/mol. The molecule has 0 atom stereocenters. The van der Waals surface area contributed by atoms with Crippen molar-refractivity contribution < 1.29 is 22.7 Å². The van der Waals surface area contributed by atoms with Gasteiger partial charge in [0.1, 0.15) is 5.91 Å². The Bertz CT molecular complexity index is 532. The maximum absolute atomic E-state index is 11.8. The van der Waals surface area contributed by atoms with Crippen molar-refractivity contribution in [3.63, 3.8) is 0 Å². The van der Waals surface area contributed by atoms with E-state index in [1.54, 1.807) is 24.4 Å². The molecule has 0 saturated carbocycles. The molecule has 0 unspecified atom stereocenters. The second-order valence-electron chi connectivity index (χ2n) is 4.04. The minimum atomic E-state index is -0.326. The SMILES string of the molecule is CN(C)c1ccc([N-]C(=O)c2ccccn2)cc1.[CH3-].[Cl][Ir+2]. The fourth-order valence-electron chi connectivity index (χ4n) is 1.49. The molecule has 114 valence electrons. The van der Waals surface area contributed by atoms with Crippen LogP contribution < -0.4 is 4.90 Å². The van der Waals surface area contributed by atoms with E-state index in [1.165, 1.54) is 17.9 Å². The first-order chi connectivity index (χ1) is 9.66. The Balaban J connectivity index is 0.00000128. The number of carbonyl (C=O) groups excluding carboxylic acids is 1. The van der Waals surface area contributed by atoms with Gasteiger partial charge in [0, 0.05) is 26.0 Å². The van der Waals surface area contributed by atoms with Crippen molar-refractivity contribution in [3.05, 3.63) is 67.1 Å². The van der Waals surface area contributed by atoms with Crippen molar-refractivity contribution >= 4 is 26.9 Å². The second-order valence-corrected chi connectivity index (χ2v) is 4.04. The summed E-state index contributed by atoms with van der Waals surface area (Å²) in [5.41, 5.74) is 2.06. The van der Waals surface area contributed by atoms with Gasteiger partial charge in [-0.15, -0.1) is 5.69 Å². The number of amides is 1. The van der Waals surface area contributed by atoms with E-state index in [0.717, 1.165) is 5.69 Å². The summed E-state index contributed by atoms with van der Waals surface area (Å²) in [6.07, 6.45) is 1.58. The summed E-state index contributed by atoms with van der Waals surface area (Å²) in [4.78, 5) is 17.8. The number of nitrogens with zero attached hydrogens (tertiary/aromatic N) is 3. The molecule has 1 aromatic heterocycles. The number of benzene rings is 1. The van der Waals surface area contributed by atoms with Gasteiger partial charge in [-0.05, 0) is 24.3 Å². The predicted molar refractivity (Wildman–Crippen MR) is 84.6 cm³/mol. The van der Waals surface area contributed by atoms with Gasteiger partial charge >= 0.3 is 27.5 Å². The standard InChI is InChI=1S/C14H15N3O.CH3.ClH.Ir/c1-17(2)12-8-6-11(7-9-12)16-14(18)13-5-3-4-10-15-13;;;/h3-10H,1-2H3,(H,16,18);1H3;1H;/q;-1;;+3/p-2. The molecule has 0 N–H and O–H groups in total. The van der Waals surface area contributed by atoms with E-state index < -0.39 is 0 Å². The third kappa shape index (κ3) is 6.25. The molecule has 2 rings (SSSR count). The van der Waals surface area contributed by atoms with E-state index in [4.69, 9.17) is 0 Å². The fourth-order valence-corrected chi connectivity index (χ4v) is 1.49. The van der Waals surface area contributed by atoms with Crippen LogP contribution in [-0.4, -0.2) is 25.0 Å². The minimum absolute atomic E-state index is 0. The van der Waals surface area contributed by atoms with Crippen molar-refractivity contribution in [2.24, 2.45) is 0 Å². The zero-order chi connectivity index (χ0) is 15.0. The van der Waals surface area contributed by atoms with Gasteiger partial charge in [-0.2, -0.15) is 0 Å². The number of aromatic nitrogens is 1. The van der Waals surface area contributed by atoms with Crippen LogP contribution in [0.1, 0.15) is 10.5 Å².